The monoisotopic (exact) mass is 406 g/mol. The van der Waals surface area contributed by atoms with E-state index in [0.29, 0.717) is 31.0 Å². The Labute approximate surface area is 170 Å². The zero-order chi connectivity index (χ0) is 20.6. The fourth-order valence-electron chi connectivity index (χ4n) is 5.85. The number of ketones is 1. The van der Waals surface area contributed by atoms with Gasteiger partial charge in [-0.15, -0.1) is 0 Å². The molecular weight excluding hydrogens is 372 g/mol. The molecule has 5 heteroatoms. The summed E-state index contributed by atoms with van der Waals surface area (Å²) in [6.45, 7) is 9.03. The second-order valence-corrected chi connectivity index (χ2v) is 11.3. The summed E-state index contributed by atoms with van der Waals surface area (Å²) in [7, 11) is -3.74. The fourth-order valence-corrected chi connectivity index (χ4v) is 6.79. The maximum absolute atomic E-state index is 12.8. The minimum atomic E-state index is -3.74. The van der Waals surface area contributed by atoms with E-state index < -0.39 is 10.1 Å². The molecule has 0 heterocycles. The summed E-state index contributed by atoms with van der Waals surface area (Å²) in [6.07, 6.45) is 6.46. The molecule has 2 aliphatic carbocycles. The van der Waals surface area contributed by atoms with Gasteiger partial charge in [0.05, 0.1) is 11.5 Å². The highest BCUT2D eigenvalue weighted by atomic mass is 32.2. The molecule has 0 radical (unpaired) electrons. The first-order valence-electron chi connectivity index (χ1n) is 10.6. The van der Waals surface area contributed by atoms with Crippen molar-refractivity contribution in [2.45, 2.75) is 77.5 Å². The van der Waals surface area contributed by atoms with Crippen LogP contribution in [0.1, 0.15) is 71.3 Å². The number of hydrogen-bond acceptors (Lipinski definition) is 4. The van der Waals surface area contributed by atoms with Gasteiger partial charge in [-0.05, 0) is 67.9 Å². The summed E-state index contributed by atoms with van der Waals surface area (Å²) in [4.78, 5) is 12.9. The van der Waals surface area contributed by atoms with Gasteiger partial charge in [0.15, 0.2) is 0 Å². The van der Waals surface area contributed by atoms with Crippen molar-refractivity contribution in [3.05, 3.63) is 29.8 Å². The van der Waals surface area contributed by atoms with Crippen molar-refractivity contribution in [2.75, 3.05) is 6.61 Å². The number of carbonyl (C=O) groups is 1. The van der Waals surface area contributed by atoms with Crippen molar-refractivity contribution in [3.8, 4) is 0 Å². The molecular formula is C23H34O4S. The molecule has 1 aromatic rings. The minimum Gasteiger partial charge on any atom is -0.299 e. The van der Waals surface area contributed by atoms with Gasteiger partial charge < -0.3 is 0 Å². The van der Waals surface area contributed by atoms with Gasteiger partial charge in [0.2, 0.25) is 0 Å². The van der Waals surface area contributed by atoms with Gasteiger partial charge in [0, 0.05) is 12.3 Å². The van der Waals surface area contributed by atoms with Crippen LogP contribution in [0.5, 0.6) is 0 Å². The van der Waals surface area contributed by atoms with Crippen LogP contribution in [-0.4, -0.2) is 20.8 Å². The van der Waals surface area contributed by atoms with Crippen LogP contribution in [0.3, 0.4) is 0 Å². The lowest BCUT2D eigenvalue weighted by molar-refractivity contribution is -0.143. The highest BCUT2D eigenvalue weighted by Gasteiger charge is 2.54. The molecule has 3 atom stereocenters. The number of benzene rings is 1. The van der Waals surface area contributed by atoms with Crippen molar-refractivity contribution in [3.63, 3.8) is 0 Å². The number of aryl methyl sites for hydroxylation is 1. The van der Waals surface area contributed by atoms with E-state index in [1.807, 2.05) is 6.92 Å². The molecule has 1 aromatic carbocycles. The number of fused-ring (bicyclic) bond motifs is 1. The Balaban J connectivity index is 1.62. The van der Waals surface area contributed by atoms with Crippen molar-refractivity contribution in [2.24, 2.45) is 22.7 Å². The molecule has 2 aliphatic rings. The summed E-state index contributed by atoms with van der Waals surface area (Å²) in [5.74, 6) is 0.947. The molecule has 4 nitrogen and oxygen atoms in total. The first-order chi connectivity index (χ1) is 13.1. The van der Waals surface area contributed by atoms with E-state index in [0.717, 1.165) is 18.4 Å². The highest BCUT2D eigenvalue weighted by Crippen LogP contribution is 2.59. The van der Waals surface area contributed by atoms with Gasteiger partial charge in [0.25, 0.3) is 10.1 Å². The van der Waals surface area contributed by atoms with Crippen LogP contribution in [0.2, 0.25) is 0 Å². The SMILES string of the molecule is Cc1ccc(S(=O)(=O)OCCC[C@H]2C(=O)CC[C@H]3C(C)(C)CCC[C@]23C)cc1. The average Bonchev–Trinajstić information content (AvgIpc) is 2.60. The molecule has 0 unspecified atom stereocenters. The van der Waals surface area contributed by atoms with Crippen LogP contribution in [0.4, 0.5) is 0 Å². The molecule has 0 saturated heterocycles. The summed E-state index contributed by atoms with van der Waals surface area (Å²) in [5.41, 5.74) is 1.32. The predicted molar refractivity (Wildman–Crippen MR) is 111 cm³/mol. The van der Waals surface area contributed by atoms with Gasteiger partial charge >= 0.3 is 0 Å². The first-order valence-corrected chi connectivity index (χ1v) is 12.0. The van der Waals surface area contributed by atoms with Crippen molar-refractivity contribution in [1.82, 2.24) is 0 Å². The van der Waals surface area contributed by atoms with Crippen LogP contribution in [0.25, 0.3) is 0 Å². The van der Waals surface area contributed by atoms with Crippen LogP contribution in [-0.2, 0) is 19.1 Å². The van der Waals surface area contributed by atoms with Gasteiger partial charge in [-0.2, -0.15) is 8.42 Å². The summed E-state index contributed by atoms with van der Waals surface area (Å²) >= 11 is 0. The lowest BCUT2D eigenvalue weighted by Crippen LogP contribution is -2.51. The summed E-state index contributed by atoms with van der Waals surface area (Å²) in [5, 5.41) is 0. The average molecular weight is 407 g/mol. The fraction of sp³-hybridized carbons (Fsp3) is 0.696. The van der Waals surface area contributed by atoms with E-state index in [1.54, 1.807) is 24.3 Å². The van der Waals surface area contributed by atoms with Crippen LogP contribution < -0.4 is 0 Å². The van der Waals surface area contributed by atoms with Crippen LogP contribution >= 0.6 is 0 Å². The molecule has 3 rings (SSSR count). The van der Waals surface area contributed by atoms with Gasteiger partial charge in [-0.1, -0.05) is 44.9 Å². The largest absolute Gasteiger partial charge is 0.299 e. The molecule has 0 N–H and O–H groups in total. The number of hydrogen-bond donors (Lipinski definition) is 0. The first kappa shape index (κ1) is 21.5. The molecule has 28 heavy (non-hydrogen) atoms. The smallest absolute Gasteiger partial charge is 0.296 e. The number of Topliss-reactive ketones (excluding diaryl/α,β-unsaturated/α-hetero) is 1. The lowest BCUT2D eigenvalue weighted by Gasteiger charge is -2.56. The quantitative estimate of drug-likeness (QED) is 0.475. The Hall–Kier alpha value is -1.20. The Bertz CT molecular complexity index is 810. The third-order valence-electron chi connectivity index (χ3n) is 7.33. The van der Waals surface area contributed by atoms with E-state index in [4.69, 9.17) is 4.18 Å². The Kier molecular flexibility index (Phi) is 6.07. The standard InChI is InChI=1S/C23H34O4S/c1-17-8-10-18(11-9-17)28(25,26)27-16-5-7-19-20(24)12-13-21-22(2,3)14-6-15-23(19,21)4/h8-11,19,21H,5-7,12-16H2,1-4H3/t19-,21-,23+/m0/s1. The molecule has 156 valence electrons. The topological polar surface area (TPSA) is 60.4 Å². The van der Waals surface area contributed by atoms with E-state index >= 15 is 0 Å². The van der Waals surface area contributed by atoms with E-state index in [2.05, 4.69) is 20.8 Å². The predicted octanol–water partition coefficient (Wildman–Crippen LogP) is 5.29. The van der Waals surface area contributed by atoms with Gasteiger partial charge in [-0.25, -0.2) is 0 Å². The van der Waals surface area contributed by atoms with E-state index in [9.17, 15) is 13.2 Å². The molecule has 0 amide bonds. The van der Waals surface area contributed by atoms with E-state index in [1.165, 1.54) is 12.8 Å². The maximum Gasteiger partial charge on any atom is 0.296 e. The molecule has 0 spiro atoms. The van der Waals surface area contributed by atoms with Crippen LogP contribution in [0.15, 0.2) is 29.2 Å². The zero-order valence-electron chi connectivity index (χ0n) is 17.7. The maximum atomic E-state index is 12.8. The summed E-state index contributed by atoms with van der Waals surface area (Å²) in [6, 6.07) is 6.68. The minimum absolute atomic E-state index is 0.0245. The number of carbonyl (C=O) groups excluding carboxylic acids is 1. The van der Waals surface area contributed by atoms with Crippen molar-refractivity contribution < 1.29 is 17.4 Å². The third-order valence-corrected chi connectivity index (χ3v) is 8.65. The van der Waals surface area contributed by atoms with Crippen molar-refractivity contribution in [1.29, 1.82) is 0 Å². The second kappa shape index (κ2) is 7.91. The highest BCUT2D eigenvalue weighted by molar-refractivity contribution is 7.86. The second-order valence-electron chi connectivity index (χ2n) is 9.69. The van der Waals surface area contributed by atoms with Crippen molar-refractivity contribution >= 4 is 15.9 Å². The lowest BCUT2D eigenvalue weighted by atomic mass is 9.47. The summed E-state index contributed by atoms with van der Waals surface area (Å²) < 4.78 is 29.9. The molecule has 0 bridgehead atoms. The third kappa shape index (κ3) is 4.20. The molecule has 2 saturated carbocycles. The molecule has 0 aromatic heterocycles. The Morgan fingerprint density at radius 2 is 1.79 bits per heavy atom. The van der Waals surface area contributed by atoms with Gasteiger partial charge in [0.1, 0.15) is 5.78 Å². The Morgan fingerprint density at radius 1 is 1.11 bits per heavy atom. The van der Waals surface area contributed by atoms with Crippen LogP contribution in [0, 0.1) is 29.6 Å². The molecule has 0 aliphatic heterocycles. The molecule has 2 fully saturated rings. The van der Waals surface area contributed by atoms with Gasteiger partial charge in [-0.3, -0.25) is 8.98 Å². The zero-order valence-corrected chi connectivity index (χ0v) is 18.5. The normalized spacial score (nSPS) is 30.1. The number of rotatable bonds is 6. The van der Waals surface area contributed by atoms with E-state index in [-0.39, 0.29) is 28.3 Å². The Morgan fingerprint density at radius 3 is 2.46 bits per heavy atom.